The van der Waals surface area contributed by atoms with Gasteiger partial charge in [-0.25, -0.2) is 0 Å². The van der Waals surface area contributed by atoms with E-state index in [0.717, 1.165) is 24.6 Å². The Morgan fingerprint density at radius 3 is 2.61 bits per heavy atom. The summed E-state index contributed by atoms with van der Waals surface area (Å²) in [5, 5.41) is 12.5. The minimum absolute atomic E-state index is 0.597. The topological polar surface area (TPSA) is 45.0 Å². The molecule has 0 amide bonds. The predicted octanol–water partition coefficient (Wildman–Crippen LogP) is 3.09. The van der Waals surface area contributed by atoms with Crippen LogP contribution in [0.5, 0.6) is 5.75 Å². The molecule has 0 atom stereocenters. The van der Waals surface area contributed by atoms with Crippen LogP contribution in [-0.4, -0.2) is 13.7 Å². The summed E-state index contributed by atoms with van der Waals surface area (Å²) in [6.45, 7) is 6.27. The van der Waals surface area contributed by atoms with Gasteiger partial charge in [0.2, 0.25) is 0 Å². The minimum atomic E-state index is 0.597. The summed E-state index contributed by atoms with van der Waals surface area (Å²) in [6, 6.07) is 7.90. The summed E-state index contributed by atoms with van der Waals surface area (Å²) in [5.41, 5.74) is 1.72. The van der Waals surface area contributed by atoms with Crippen molar-refractivity contribution in [1.29, 1.82) is 5.26 Å². The molecule has 1 aromatic carbocycles. The maximum Gasteiger partial charge on any atom is 0.136 e. The Labute approximate surface area is 110 Å². The number of ether oxygens (including phenoxy) is 1. The number of methoxy groups -OCH3 is 1. The van der Waals surface area contributed by atoms with Gasteiger partial charge in [0.25, 0.3) is 0 Å². The third kappa shape index (κ3) is 4.05. The molecule has 0 aliphatic carbocycles. The average Bonchev–Trinajstić information content (AvgIpc) is 2.43. The summed E-state index contributed by atoms with van der Waals surface area (Å²) in [5.74, 6) is 1.37. The molecule has 0 aliphatic rings. The van der Waals surface area contributed by atoms with Gasteiger partial charge in [0.15, 0.2) is 0 Å². The van der Waals surface area contributed by atoms with Crippen LogP contribution < -0.4 is 10.1 Å². The first kappa shape index (κ1) is 14.5. The number of hydrogen-bond acceptors (Lipinski definition) is 3. The Bertz CT molecular complexity index is 405. The van der Waals surface area contributed by atoms with Crippen molar-refractivity contribution < 1.29 is 4.74 Å². The monoisotopic (exact) mass is 246 g/mol. The molecule has 0 bridgehead atoms. The van der Waals surface area contributed by atoms with Crippen molar-refractivity contribution in [3.63, 3.8) is 0 Å². The van der Waals surface area contributed by atoms with Crippen molar-refractivity contribution in [2.24, 2.45) is 5.92 Å². The van der Waals surface area contributed by atoms with Gasteiger partial charge in [0.1, 0.15) is 11.8 Å². The molecule has 0 aromatic heterocycles. The van der Waals surface area contributed by atoms with Gasteiger partial charge >= 0.3 is 0 Å². The highest BCUT2D eigenvalue weighted by atomic mass is 16.5. The zero-order chi connectivity index (χ0) is 13.4. The number of nitrogens with one attached hydrogen (secondary N) is 1. The standard InChI is InChI=1S/C15H22N2O/c1-4-12(5-2)10-17-11-13-6-7-15(18-3)14(8-13)9-16/h6-8,12,17H,4-5,10-11H2,1-3H3. The lowest BCUT2D eigenvalue weighted by atomic mass is 10.0. The van der Waals surface area contributed by atoms with E-state index < -0.39 is 0 Å². The van der Waals surface area contributed by atoms with Crippen LogP contribution in [0.4, 0.5) is 0 Å². The quantitative estimate of drug-likeness (QED) is 0.804. The fourth-order valence-corrected chi connectivity index (χ4v) is 1.95. The van der Waals surface area contributed by atoms with Crippen LogP contribution in [-0.2, 0) is 6.54 Å². The van der Waals surface area contributed by atoms with E-state index in [1.807, 2.05) is 18.2 Å². The van der Waals surface area contributed by atoms with Gasteiger partial charge in [-0.2, -0.15) is 5.26 Å². The zero-order valence-corrected chi connectivity index (χ0v) is 11.5. The molecule has 0 saturated heterocycles. The molecule has 3 heteroatoms. The molecule has 1 N–H and O–H groups in total. The van der Waals surface area contributed by atoms with Crippen LogP contribution in [0.25, 0.3) is 0 Å². The Morgan fingerprint density at radius 2 is 2.06 bits per heavy atom. The largest absolute Gasteiger partial charge is 0.495 e. The van der Waals surface area contributed by atoms with Gasteiger partial charge < -0.3 is 10.1 Å². The highest BCUT2D eigenvalue weighted by molar-refractivity contribution is 5.45. The fourth-order valence-electron chi connectivity index (χ4n) is 1.95. The van der Waals surface area contributed by atoms with Crippen LogP contribution in [0.15, 0.2) is 18.2 Å². The van der Waals surface area contributed by atoms with Gasteiger partial charge in [-0.1, -0.05) is 32.8 Å². The first-order chi connectivity index (χ1) is 8.74. The van der Waals surface area contributed by atoms with E-state index in [-0.39, 0.29) is 0 Å². The molecule has 98 valence electrons. The number of nitrogens with zero attached hydrogens (tertiary/aromatic N) is 1. The van der Waals surface area contributed by atoms with Crippen LogP contribution >= 0.6 is 0 Å². The van der Waals surface area contributed by atoms with Crippen molar-refractivity contribution in [3.05, 3.63) is 29.3 Å². The normalized spacial score (nSPS) is 10.4. The summed E-state index contributed by atoms with van der Waals surface area (Å²) in [4.78, 5) is 0. The molecule has 0 unspecified atom stereocenters. The van der Waals surface area contributed by atoms with E-state index in [1.54, 1.807) is 7.11 Å². The van der Waals surface area contributed by atoms with Crippen molar-refractivity contribution >= 4 is 0 Å². The molecule has 1 rings (SSSR count). The Hall–Kier alpha value is -1.53. The number of nitriles is 1. The third-order valence-electron chi connectivity index (χ3n) is 3.30. The van der Waals surface area contributed by atoms with Crippen LogP contribution in [0, 0.1) is 17.2 Å². The minimum Gasteiger partial charge on any atom is -0.495 e. The molecular formula is C15H22N2O. The van der Waals surface area contributed by atoms with Crippen molar-refractivity contribution in [2.45, 2.75) is 33.2 Å². The lowest BCUT2D eigenvalue weighted by Crippen LogP contribution is -2.21. The van der Waals surface area contributed by atoms with Crippen molar-refractivity contribution in [3.8, 4) is 11.8 Å². The average molecular weight is 246 g/mol. The fraction of sp³-hybridized carbons (Fsp3) is 0.533. The maximum atomic E-state index is 9.01. The van der Waals surface area contributed by atoms with Crippen molar-refractivity contribution in [2.75, 3.05) is 13.7 Å². The molecule has 0 radical (unpaired) electrons. The van der Waals surface area contributed by atoms with Gasteiger partial charge in [0.05, 0.1) is 12.7 Å². The summed E-state index contributed by atoms with van der Waals surface area (Å²) in [6.07, 6.45) is 2.41. The lowest BCUT2D eigenvalue weighted by Gasteiger charge is -2.13. The van der Waals surface area contributed by atoms with Crippen molar-refractivity contribution in [1.82, 2.24) is 5.32 Å². The predicted molar refractivity (Wildman–Crippen MR) is 73.5 cm³/mol. The van der Waals surface area contributed by atoms with Gasteiger partial charge in [-0.15, -0.1) is 0 Å². The van der Waals surface area contributed by atoms with Gasteiger partial charge in [-0.05, 0) is 30.2 Å². The highest BCUT2D eigenvalue weighted by Crippen LogP contribution is 2.18. The first-order valence-electron chi connectivity index (χ1n) is 6.52. The van der Waals surface area contributed by atoms with Gasteiger partial charge in [0, 0.05) is 6.54 Å². The summed E-state index contributed by atoms with van der Waals surface area (Å²) >= 11 is 0. The number of rotatable bonds is 7. The van der Waals surface area contributed by atoms with Crippen LogP contribution in [0.3, 0.4) is 0 Å². The van der Waals surface area contributed by atoms with Crippen LogP contribution in [0.2, 0.25) is 0 Å². The highest BCUT2D eigenvalue weighted by Gasteiger charge is 2.05. The lowest BCUT2D eigenvalue weighted by molar-refractivity contribution is 0.413. The molecule has 0 spiro atoms. The first-order valence-corrected chi connectivity index (χ1v) is 6.52. The molecule has 1 aromatic rings. The third-order valence-corrected chi connectivity index (χ3v) is 3.30. The Kier molecular flexibility index (Phi) is 6.24. The van der Waals surface area contributed by atoms with E-state index in [9.17, 15) is 0 Å². The van der Waals surface area contributed by atoms with Gasteiger partial charge in [-0.3, -0.25) is 0 Å². The molecular weight excluding hydrogens is 224 g/mol. The van der Waals surface area contributed by atoms with E-state index >= 15 is 0 Å². The molecule has 0 saturated carbocycles. The molecule has 0 heterocycles. The number of hydrogen-bond donors (Lipinski definition) is 1. The SMILES string of the molecule is CCC(CC)CNCc1ccc(OC)c(C#N)c1. The molecule has 18 heavy (non-hydrogen) atoms. The van der Waals surface area contributed by atoms with E-state index in [2.05, 4.69) is 25.2 Å². The second-order valence-corrected chi connectivity index (χ2v) is 4.46. The maximum absolute atomic E-state index is 9.01. The summed E-state index contributed by atoms with van der Waals surface area (Å²) in [7, 11) is 1.58. The molecule has 0 fully saturated rings. The van der Waals surface area contributed by atoms with Crippen LogP contribution in [0.1, 0.15) is 37.8 Å². The number of benzene rings is 1. The smallest absolute Gasteiger partial charge is 0.136 e. The van der Waals surface area contributed by atoms with E-state index in [4.69, 9.17) is 10.00 Å². The molecule has 3 nitrogen and oxygen atoms in total. The Morgan fingerprint density at radius 1 is 1.33 bits per heavy atom. The van der Waals surface area contributed by atoms with E-state index in [0.29, 0.717) is 11.3 Å². The molecule has 0 aliphatic heterocycles. The second-order valence-electron chi connectivity index (χ2n) is 4.46. The summed E-state index contributed by atoms with van der Waals surface area (Å²) < 4.78 is 5.13. The zero-order valence-electron chi connectivity index (χ0n) is 11.5. The Balaban J connectivity index is 2.56. The van der Waals surface area contributed by atoms with E-state index in [1.165, 1.54) is 12.8 Å². The second kappa shape index (κ2) is 7.73.